The van der Waals surface area contributed by atoms with Crippen LogP contribution in [0.4, 0.5) is 0 Å². The third kappa shape index (κ3) is 2.77. The molecule has 0 radical (unpaired) electrons. The number of hydrogen-bond acceptors (Lipinski definition) is 6. The molecule has 2 aliphatic heterocycles. The maximum Gasteiger partial charge on any atom is 0.321 e. The van der Waals surface area contributed by atoms with Crippen LogP contribution in [0, 0.1) is 0 Å². The fourth-order valence-corrected chi connectivity index (χ4v) is 5.33. The van der Waals surface area contributed by atoms with E-state index in [-0.39, 0.29) is 17.2 Å². The standard InChI is InChI=1S/C14H16N2O3S2/c1-16-10(14(18)19)7-21-13(16)9-6-20-12(15-9)8-4-2-3-5-11(8)17/h2-5,9-10,13,17H,6-7H2,1H3,(H,18,19)/t9-,10+,13?/m0/s1. The van der Waals surface area contributed by atoms with Gasteiger partial charge in [0, 0.05) is 17.1 Å². The van der Waals surface area contributed by atoms with Crippen molar-refractivity contribution in [3.8, 4) is 5.75 Å². The van der Waals surface area contributed by atoms with Crippen LogP contribution in [0.3, 0.4) is 0 Å². The Morgan fingerprint density at radius 2 is 2.14 bits per heavy atom. The van der Waals surface area contributed by atoms with Crippen molar-refractivity contribution >= 4 is 34.5 Å². The average Bonchev–Trinajstić information content (AvgIpc) is 3.05. The van der Waals surface area contributed by atoms with Gasteiger partial charge in [0.05, 0.1) is 11.4 Å². The molecule has 21 heavy (non-hydrogen) atoms. The lowest BCUT2D eigenvalue weighted by atomic mass is 10.2. The summed E-state index contributed by atoms with van der Waals surface area (Å²) >= 11 is 3.27. The van der Waals surface area contributed by atoms with Gasteiger partial charge in [0.2, 0.25) is 0 Å². The topological polar surface area (TPSA) is 73.1 Å². The van der Waals surface area contributed by atoms with E-state index in [9.17, 15) is 15.0 Å². The van der Waals surface area contributed by atoms with Gasteiger partial charge in [0.15, 0.2) is 0 Å². The van der Waals surface area contributed by atoms with Crippen molar-refractivity contribution in [2.24, 2.45) is 4.99 Å². The van der Waals surface area contributed by atoms with Crippen LogP contribution >= 0.6 is 23.5 Å². The molecular formula is C14H16N2O3S2. The first-order chi connectivity index (χ1) is 10.1. The number of carbonyl (C=O) groups is 1. The largest absolute Gasteiger partial charge is 0.507 e. The monoisotopic (exact) mass is 324 g/mol. The second-order valence-corrected chi connectivity index (χ2v) is 7.23. The fraction of sp³-hybridized carbons (Fsp3) is 0.429. The van der Waals surface area contributed by atoms with Gasteiger partial charge in [-0.25, -0.2) is 0 Å². The number of para-hydroxylation sites is 1. The molecule has 0 spiro atoms. The Morgan fingerprint density at radius 1 is 1.38 bits per heavy atom. The van der Waals surface area contributed by atoms with Crippen LogP contribution < -0.4 is 0 Å². The summed E-state index contributed by atoms with van der Waals surface area (Å²) in [6, 6.07) is 6.80. The molecule has 112 valence electrons. The third-order valence-electron chi connectivity index (χ3n) is 3.74. The smallest absolute Gasteiger partial charge is 0.321 e. The number of aliphatic imine (C=N–C) groups is 1. The van der Waals surface area contributed by atoms with Gasteiger partial charge in [-0.3, -0.25) is 14.7 Å². The molecule has 0 aromatic heterocycles. The number of carboxylic acids is 1. The molecule has 5 nitrogen and oxygen atoms in total. The minimum absolute atomic E-state index is 0.0592. The van der Waals surface area contributed by atoms with Crippen LogP contribution in [-0.2, 0) is 4.79 Å². The first-order valence-corrected chi connectivity index (χ1v) is 8.66. The molecule has 0 saturated carbocycles. The lowest BCUT2D eigenvalue weighted by molar-refractivity contribution is -0.141. The lowest BCUT2D eigenvalue weighted by Crippen LogP contribution is -2.42. The van der Waals surface area contributed by atoms with Crippen molar-refractivity contribution in [1.82, 2.24) is 4.90 Å². The molecule has 1 saturated heterocycles. The van der Waals surface area contributed by atoms with E-state index in [4.69, 9.17) is 4.99 Å². The average molecular weight is 324 g/mol. The molecule has 0 bridgehead atoms. The normalized spacial score (nSPS) is 29.6. The molecule has 3 atom stereocenters. The van der Waals surface area contributed by atoms with Gasteiger partial charge in [0.25, 0.3) is 0 Å². The van der Waals surface area contributed by atoms with Gasteiger partial charge in [-0.05, 0) is 19.2 Å². The lowest BCUT2D eigenvalue weighted by Gasteiger charge is -2.24. The highest BCUT2D eigenvalue weighted by molar-refractivity contribution is 8.14. The Morgan fingerprint density at radius 3 is 2.81 bits per heavy atom. The number of carboxylic acid groups (broad SMARTS) is 1. The van der Waals surface area contributed by atoms with E-state index in [1.165, 1.54) is 0 Å². The maximum atomic E-state index is 11.2. The summed E-state index contributed by atoms with van der Waals surface area (Å²) in [5.74, 6) is 0.875. The fourth-order valence-electron chi connectivity index (χ4n) is 2.57. The minimum atomic E-state index is -0.775. The van der Waals surface area contributed by atoms with Crippen molar-refractivity contribution < 1.29 is 15.0 Å². The Kier molecular flexibility index (Phi) is 4.14. The summed E-state index contributed by atoms with van der Waals surface area (Å²) in [6.45, 7) is 0. The van der Waals surface area contributed by atoms with Gasteiger partial charge >= 0.3 is 5.97 Å². The number of aromatic hydroxyl groups is 1. The third-order valence-corrected chi connectivity index (χ3v) is 6.34. The number of phenolic OH excluding ortho intramolecular Hbond substituents is 1. The highest BCUT2D eigenvalue weighted by atomic mass is 32.2. The van der Waals surface area contributed by atoms with E-state index < -0.39 is 12.0 Å². The quantitative estimate of drug-likeness (QED) is 0.882. The number of nitrogens with zero attached hydrogens (tertiary/aromatic N) is 2. The summed E-state index contributed by atoms with van der Waals surface area (Å²) in [5.41, 5.74) is 0.755. The van der Waals surface area contributed by atoms with Gasteiger partial charge in [0.1, 0.15) is 16.8 Å². The van der Waals surface area contributed by atoms with Gasteiger partial charge in [-0.15, -0.1) is 23.5 Å². The molecule has 2 aliphatic rings. The predicted octanol–water partition coefficient (Wildman–Crippen LogP) is 1.71. The van der Waals surface area contributed by atoms with Crippen LogP contribution in [0.15, 0.2) is 29.3 Å². The molecule has 1 aromatic carbocycles. The van der Waals surface area contributed by atoms with E-state index in [2.05, 4.69) is 0 Å². The van der Waals surface area contributed by atoms with Crippen molar-refractivity contribution in [2.75, 3.05) is 18.6 Å². The van der Waals surface area contributed by atoms with Gasteiger partial charge in [-0.1, -0.05) is 12.1 Å². The van der Waals surface area contributed by atoms with Crippen LogP contribution in [-0.4, -0.2) is 62.1 Å². The molecule has 1 fully saturated rings. The van der Waals surface area contributed by atoms with Crippen molar-refractivity contribution in [1.29, 1.82) is 0 Å². The molecular weight excluding hydrogens is 308 g/mol. The van der Waals surface area contributed by atoms with E-state index >= 15 is 0 Å². The molecule has 1 unspecified atom stereocenters. The SMILES string of the molecule is CN1C([C@@H]2CSC(c3ccccc3O)=N2)SC[C@@H]1C(=O)O. The molecule has 2 N–H and O–H groups in total. The molecule has 2 heterocycles. The van der Waals surface area contributed by atoms with Crippen molar-refractivity contribution in [2.45, 2.75) is 17.5 Å². The highest BCUT2D eigenvalue weighted by Crippen LogP contribution is 2.37. The summed E-state index contributed by atoms with van der Waals surface area (Å²) < 4.78 is 0. The summed E-state index contributed by atoms with van der Waals surface area (Å²) in [5, 5.41) is 20.0. The molecule has 7 heteroatoms. The zero-order chi connectivity index (χ0) is 15.0. The number of aliphatic carboxylic acids is 1. The van der Waals surface area contributed by atoms with Crippen molar-refractivity contribution in [3.63, 3.8) is 0 Å². The van der Waals surface area contributed by atoms with Crippen LogP contribution in [0.2, 0.25) is 0 Å². The molecule has 0 amide bonds. The highest BCUT2D eigenvalue weighted by Gasteiger charge is 2.41. The second kappa shape index (κ2) is 5.90. The van der Waals surface area contributed by atoms with E-state index in [1.807, 2.05) is 24.1 Å². The van der Waals surface area contributed by atoms with E-state index in [0.717, 1.165) is 16.4 Å². The first-order valence-electron chi connectivity index (χ1n) is 6.63. The molecule has 1 aromatic rings. The zero-order valence-electron chi connectivity index (χ0n) is 11.5. The Labute approximate surface area is 131 Å². The minimum Gasteiger partial charge on any atom is -0.507 e. The number of phenols is 1. The number of benzene rings is 1. The predicted molar refractivity (Wildman–Crippen MR) is 86.3 cm³/mol. The summed E-state index contributed by atoms with van der Waals surface area (Å²) in [7, 11) is 1.85. The Balaban J connectivity index is 1.78. The molecule has 3 rings (SSSR count). The maximum absolute atomic E-state index is 11.2. The van der Waals surface area contributed by atoms with E-state index in [0.29, 0.717) is 5.75 Å². The van der Waals surface area contributed by atoms with Crippen LogP contribution in [0.5, 0.6) is 5.75 Å². The van der Waals surface area contributed by atoms with Gasteiger partial charge < -0.3 is 10.2 Å². The summed E-state index contributed by atoms with van der Waals surface area (Å²) in [4.78, 5) is 17.8. The first kappa shape index (κ1) is 14.7. The van der Waals surface area contributed by atoms with Crippen LogP contribution in [0.1, 0.15) is 5.56 Å². The Bertz CT molecular complexity index is 593. The number of likely N-dealkylation sites (N-methyl/N-ethyl adjacent to an activating group) is 1. The van der Waals surface area contributed by atoms with Gasteiger partial charge in [-0.2, -0.15) is 0 Å². The van der Waals surface area contributed by atoms with Crippen LogP contribution in [0.25, 0.3) is 0 Å². The second-order valence-electron chi connectivity index (χ2n) is 5.07. The Hall–Kier alpha value is -1.18. The number of hydrogen-bond donors (Lipinski definition) is 2. The zero-order valence-corrected chi connectivity index (χ0v) is 13.1. The molecule has 0 aliphatic carbocycles. The number of rotatable bonds is 3. The number of thioether (sulfide) groups is 2. The van der Waals surface area contributed by atoms with Crippen molar-refractivity contribution in [3.05, 3.63) is 29.8 Å². The summed E-state index contributed by atoms with van der Waals surface area (Å²) in [6.07, 6.45) is 0. The van der Waals surface area contributed by atoms with E-state index in [1.54, 1.807) is 35.7 Å².